The lowest BCUT2D eigenvalue weighted by atomic mass is 9.78. The minimum Gasteiger partial charge on any atom is -0.380 e. The van der Waals surface area contributed by atoms with Crippen molar-refractivity contribution in [2.45, 2.75) is 58.6 Å². The Balaban J connectivity index is 2.15. The second-order valence-corrected chi connectivity index (χ2v) is 4.96. The molecule has 1 unspecified atom stereocenters. The van der Waals surface area contributed by atoms with Crippen molar-refractivity contribution in [1.82, 2.24) is 5.32 Å². The molecule has 0 aromatic heterocycles. The van der Waals surface area contributed by atoms with Crippen LogP contribution in [0.25, 0.3) is 0 Å². The molecule has 0 radical (unpaired) electrons. The van der Waals surface area contributed by atoms with E-state index in [-0.39, 0.29) is 0 Å². The highest BCUT2D eigenvalue weighted by Crippen LogP contribution is 2.33. The summed E-state index contributed by atoms with van der Waals surface area (Å²) in [6, 6.07) is 0.530. The molecule has 0 aromatic carbocycles. The zero-order chi connectivity index (χ0) is 12.5. The van der Waals surface area contributed by atoms with Crippen LogP contribution < -0.4 is 5.32 Å². The minimum absolute atomic E-state index is 0.530. The van der Waals surface area contributed by atoms with E-state index in [9.17, 15) is 0 Å². The van der Waals surface area contributed by atoms with Gasteiger partial charge in [0.1, 0.15) is 0 Å². The highest BCUT2D eigenvalue weighted by molar-refractivity contribution is 4.84. The lowest BCUT2D eigenvalue weighted by Gasteiger charge is -2.37. The average molecular weight is 243 g/mol. The molecule has 1 saturated carbocycles. The molecular formula is C14H29NO2. The van der Waals surface area contributed by atoms with E-state index >= 15 is 0 Å². The summed E-state index contributed by atoms with van der Waals surface area (Å²) in [6.45, 7) is 9.97. The lowest BCUT2D eigenvalue weighted by Crippen LogP contribution is -2.40. The lowest BCUT2D eigenvalue weighted by molar-refractivity contribution is -0.0319. The number of hydrogen-bond acceptors (Lipinski definition) is 3. The Morgan fingerprint density at radius 3 is 2.53 bits per heavy atom. The maximum absolute atomic E-state index is 5.60. The normalized spacial score (nSPS) is 25.6. The monoisotopic (exact) mass is 243 g/mol. The van der Waals surface area contributed by atoms with Crippen LogP contribution in [0.1, 0.15) is 46.5 Å². The van der Waals surface area contributed by atoms with Crippen molar-refractivity contribution in [3.63, 3.8) is 0 Å². The molecule has 1 atom stereocenters. The van der Waals surface area contributed by atoms with Gasteiger partial charge in [-0.25, -0.2) is 0 Å². The number of nitrogens with one attached hydrogen (secondary N) is 1. The van der Waals surface area contributed by atoms with Gasteiger partial charge in [0.15, 0.2) is 0 Å². The van der Waals surface area contributed by atoms with E-state index in [1.54, 1.807) is 0 Å². The van der Waals surface area contributed by atoms with Crippen LogP contribution in [-0.2, 0) is 9.47 Å². The van der Waals surface area contributed by atoms with E-state index in [0.29, 0.717) is 12.1 Å². The molecule has 0 spiro atoms. The predicted octanol–water partition coefficient (Wildman–Crippen LogP) is 2.60. The van der Waals surface area contributed by atoms with Gasteiger partial charge < -0.3 is 14.8 Å². The Labute approximate surface area is 106 Å². The number of rotatable bonds is 10. The SMILES string of the molecule is CCCNC(COCC)CC1CC(OCC)C1. The second kappa shape index (κ2) is 8.90. The van der Waals surface area contributed by atoms with Crippen LogP contribution in [0, 0.1) is 5.92 Å². The summed E-state index contributed by atoms with van der Waals surface area (Å²) in [5.41, 5.74) is 0. The molecule has 0 bridgehead atoms. The third-order valence-corrected chi connectivity index (χ3v) is 3.42. The van der Waals surface area contributed by atoms with Crippen LogP contribution >= 0.6 is 0 Å². The summed E-state index contributed by atoms with van der Waals surface area (Å²) in [6.07, 6.45) is 5.44. The summed E-state index contributed by atoms with van der Waals surface area (Å²) < 4.78 is 11.1. The van der Waals surface area contributed by atoms with Crippen LogP contribution in [-0.4, -0.2) is 38.5 Å². The average Bonchev–Trinajstić information content (AvgIpc) is 2.29. The van der Waals surface area contributed by atoms with Crippen molar-refractivity contribution in [1.29, 1.82) is 0 Å². The van der Waals surface area contributed by atoms with Gasteiger partial charge in [-0.3, -0.25) is 0 Å². The molecule has 17 heavy (non-hydrogen) atoms. The van der Waals surface area contributed by atoms with Gasteiger partial charge in [0.2, 0.25) is 0 Å². The maximum Gasteiger partial charge on any atom is 0.0619 e. The summed E-state index contributed by atoms with van der Waals surface area (Å²) in [5.74, 6) is 0.835. The van der Waals surface area contributed by atoms with Crippen molar-refractivity contribution < 1.29 is 9.47 Å². The Hall–Kier alpha value is -0.120. The van der Waals surface area contributed by atoms with Gasteiger partial charge in [-0.2, -0.15) is 0 Å². The van der Waals surface area contributed by atoms with E-state index in [1.165, 1.54) is 25.7 Å². The van der Waals surface area contributed by atoms with E-state index in [0.717, 1.165) is 32.3 Å². The molecule has 1 rings (SSSR count). The molecule has 1 N–H and O–H groups in total. The smallest absolute Gasteiger partial charge is 0.0619 e. The number of ether oxygens (including phenoxy) is 2. The van der Waals surface area contributed by atoms with Crippen molar-refractivity contribution in [2.24, 2.45) is 5.92 Å². The molecule has 0 aromatic rings. The van der Waals surface area contributed by atoms with E-state index in [1.807, 2.05) is 0 Å². The van der Waals surface area contributed by atoms with Crippen molar-refractivity contribution in [3.8, 4) is 0 Å². The third-order valence-electron chi connectivity index (χ3n) is 3.42. The van der Waals surface area contributed by atoms with Crippen LogP contribution in [0.5, 0.6) is 0 Å². The standard InChI is InChI=1S/C14H29NO2/c1-4-7-15-13(11-16-5-2)8-12-9-14(10-12)17-6-3/h12-15H,4-11H2,1-3H3. The van der Waals surface area contributed by atoms with Crippen LogP contribution in [0.4, 0.5) is 0 Å². The first-order chi connectivity index (χ1) is 8.30. The number of hydrogen-bond donors (Lipinski definition) is 1. The van der Waals surface area contributed by atoms with Gasteiger partial charge in [-0.1, -0.05) is 6.92 Å². The van der Waals surface area contributed by atoms with E-state index in [2.05, 4.69) is 26.1 Å². The molecule has 0 aliphatic heterocycles. The van der Waals surface area contributed by atoms with Gasteiger partial charge in [0.05, 0.1) is 12.7 Å². The Kier molecular flexibility index (Phi) is 7.82. The second-order valence-electron chi connectivity index (χ2n) is 4.96. The first-order valence-corrected chi connectivity index (χ1v) is 7.22. The molecule has 1 fully saturated rings. The highest BCUT2D eigenvalue weighted by Gasteiger charge is 2.31. The fourth-order valence-electron chi connectivity index (χ4n) is 2.46. The Morgan fingerprint density at radius 2 is 1.94 bits per heavy atom. The first kappa shape index (κ1) is 14.9. The molecule has 0 amide bonds. The first-order valence-electron chi connectivity index (χ1n) is 7.22. The summed E-state index contributed by atoms with van der Waals surface area (Å²) in [4.78, 5) is 0. The van der Waals surface area contributed by atoms with Crippen LogP contribution in [0.3, 0.4) is 0 Å². The van der Waals surface area contributed by atoms with Crippen molar-refractivity contribution in [2.75, 3.05) is 26.4 Å². The zero-order valence-corrected chi connectivity index (χ0v) is 11.7. The van der Waals surface area contributed by atoms with Crippen LogP contribution in [0.2, 0.25) is 0 Å². The summed E-state index contributed by atoms with van der Waals surface area (Å²) in [5, 5.41) is 3.58. The fourth-order valence-corrected chi connectivity index (χ4v) is 2.46. The molecule has 0 heterocycles. The van der Waals surface area contributed by atoms with Gasteiger partial charge >= 0.3 is 0 Å². The molecule has 0 saturated heterocycles. The molecular weight excluding hydrogens is 214 g/mol. The zero-order valence-electron chi connectivity index (χ0n) is 11.7. The Bertz CT molecular complexity index is 173. The predicted molar refractivity (Wildman–Crippen MR) is 71.3 cm³/mol. The fraction of sp³-hybridized carbons (Fsp3) is 1.00. The van der Waals surface area contributed by atoms with E-state index < -0.39 is 0 Å². The van der Waals surface area contributed by atoms with Gasteiger partial charge in [-0.05, 0) is 52.0 Å². The largest absolute Gasteiger partial charge is 0.380 e. The molecule has 1 aliphatic carbocycles. The van der Waals surface area contributed by atoms with Gasteiger partial charge in [0, 0.05) is 19.3 Å². The Morgan fingerprint density at radius 1 is 1.18 bits per heavy atom. The summed E-state index contributed by atoms with van der Waals surface area (Å²) >= 11 is 0. The van der Waals surface area contributed by atoms with E-state index in [4.69, 9.17) is 9.47 Å². The summed E-state index contributed by atoms with van der Waals surface area (Å²) in [7, 11) is 0. The topological polar surface area (TPSA) is 30.5 Å². The van der Waals surface area contributed by atoms with Gasteiger partial charge in [-0.15, -0.1) is 0 Å². The third kappa shape index (κ3) is 5.84. The molecule has 3 nitrogen and oxygen atoms in total. The quantitative estimate of drug-likeness (QED) is 0.640. The minimum atomic E-state index is 0.530. The van der Waals surface area contributed by atoms with Crippen molar-refractivity contribution >= 4 is 0 Å². The van der Waals surface area contributed by atoms with Gasteiger partial charge in [0.25, 0.3) is 0 Å². The molecule has 3 heteroatoms. The highest BCUT2D eigenvalue weighted by atomic mass is 16.5. The molecule has 1 aliphatic rings. The van der Waals surface area contributed by atoms with Crippen LogP contribution in [0.15, 0.2) is 0 Å². The maximum atomic E-state index is 5.60. The molecule has 102 valence electrons. The van der Waals surface area contributed by atoms with Crippen molar-refractivity contribution in [3.05, 3.63) is 0 Å².